The molecule has 1 heterocycles. The molecule has 0 saturated heterocycles. The molecule has 11 heteroatoms. The fourth-order valence-corrected chi connectivity index (χ4v) is 4.05. The fraction of sp³-hybridized carbons (Fsp3) is 0.158. The molecule has 6 nitrogen and oxygen atoms in total. The molecular formula is C19H17ClF3N3O3S. The van der Waals surface area contributed by atoms with Crippen molar-refractivity contribution in [2.45, 2.75) is 11.1 Å². The van der Waals surface area contributed by atoms with Crippen LogP contribution in [0.4, 0.5) is 18.9 Å². The molecule has 3 aromatic rings. The third-order valence-electron chi connectivity index (χ3n) is 4.19. The summed E-state index contributed by atoms with van der Waals surface area (Å²) in [6.07, 6.45) is -1.48. The molecule has 0 spiro atoms. The van der Waals surface area contributed by atoms with Crippen molar-refractivity contribution in [1.29, 1.82) is 0 Å². The fourth-order valence-electron chi connectivity index (χ4n) is 2.72. The molecule has 0 atom stereocenters. The van der Waals surface area contributed by atoms with Crippen LogP contribution in [0.5, 0.6) is 0 Å². The SMILES string of the molecule is CN(CC(=O)Nc1ccc(C(F)(F)F)cc1)S(=O)(=O)c1cccc2cnccc12.Cl. The summed E-state index contributed by atoms with van der Waals surface area (Å²) >= 11 is 0. The first-order chi connectivity index (χ1) is 13.6. The van der Waals surface area contributed by atoms with Crippen LogP contribution in [-0.4, -0.2) is 37.2 Å². The van der Waals surface area contributed by atoms with Gasteiger partial charge in [-0.3, -0.25) is 9.78 Å². The molecule has 0 saturated carbocycles. The van der Waals surface area contributed by atoms with Crippen molar-refractivity contribution >= 4 is 44.8 Å². The van der Waals surface area contributed by atoms with Gasteiger partial charge in [0.2, 0.25) is 15.9 Å². The predicted octanol–water partition coefficient (Wildman–Crippen LogP) is 3.93. The molecule has 1 amide bonds. The Balaban J connectivity index is 0.00000320. The van der Waals surface area contributed by atoms with Gasteiger partial charge in [0.15, 0.2) is 0 Å². The zero-order chi connectivity index (χ0) is 21.2. The normalized spacial score (nSPS) is 11.9. The average molecular weight is 460 g/mol. The number of nitrogens with zero attached hydrogens (tertiary/aromatic N) is 2. The van der Waals surface area contributed by atoms with E-state index in [-0.39, 0.29) is 23.0 Å². The Labute approximate surface area is 177 Å². The van der Waals surface area contributed by atoms with Gasteiger partial charge in [-0.2, -0.15) is 17.5 Å². The minimum atomic E-state index is -4.48. The van der Waals surface area contributed by atoms with E-state index >= 15 is 0 Å². The van der Waals surface area contributed by atoms with E-state index in [0.717, 1.165) is 28.6 Å². The highest BCUT2D eigenvalue weighted by molar-refractivity contribution is 7.89. The van der Waals surface area contributed by atoms with E-state index in [4.69, 9.17) is 0 Å². The molecule has 0 aliphatic heterocycles. The molecule has 0 fully saturated rings. The monoisotopic (exact) mass is 459 g/mol. The number of alkyl halides is 3. The molecule has 160 valence electrons. The molecule has 30 heavy (non-hydrogen) atoms. The molecule has 0 radical (unpaired) electrons. The van der Waals surface area contributed by atoms with E-state index in [9.17, 15) is 26.4 Å². The maximum Gasteiger partial charge on any atom is 0.416 e. The topological polar surface area (TPSA) is 79.4 Å². The van der Waals surface area contributed by atoms with Crippen LogP contribution in [-0.2, 0) is 21.0 Å². The van der Waals surface area contributed by atoms with Crippen LogP contribution < -0.4 is 5.32 Å². The predicted molar refractivity (Wildman–Crippen MR) is 109 cm³/mol. The number of aromatic nitrogens is 1. The number of fused-ring (bicyclic) bond motifs is 1. The largest absolute Gasteiger partial charge is 0.416 e. The molecule has 1 N–H and O–H groups in total. The number of nitrogens with one attached hydrogen (secondary N) is 1. The van der Waals surface area contributed by atoms with Crippen molar-refractivity contribution in [3.05, 3.63) is 66.5 Å². The summed E-state index contributed by atoms with van der Waals surface area (Å²) in [7, 11) is -2.73. The molecule has 2 aromatic carbocycles. The number of hydrogen-bond donors (Lipinski definition) is 1. The molecule has 0 bridgehead atoms. The second-order valence-corrected chi connectivity index (χ2v) is 8.25. The number of amides is 1. The van der Waals surface area contributed by atoms with Crippen LogP contribution in [0.25, 0.3) is 10.8 Å². The van der Waals surface area contributed by atoms with Crippen LogP contribution in [0.3, 0.4) is 0 Å². The van der Waals surface area contributed by atoms with E-state index in [2.05, 4.69) is 10.3 Å². The highest BCUT2D eigenvalue weighted by Gasteiger charge is 2.30. The molecule has 0 aliphatic carbocycles. The number of carbonyl (C=O) groups excluding carboxylic acids is 1. The number of halogens is 4. The lowest BCUT2D eigenvalue weighted by Crippen LogP contribution is -2.35. The van der Waals surface area contributed by atoms with Gasteiger partial charge in [0.05, 0.1) is 17.0 Å². The second-order valence-electron chi connectivity index (χ2n) is 6.24. The minimum Gasteiger partial charge on any atom is -0.325 e. The van der Waals surface area contributed by atoms with Gasteiger partial charge < -0.3 is 5.32 Å². The number of sulfonamides is 1. The van der Waals surface area contributed by atoms with Gasteiger partial charge in [-0.15, -0.1) is 12.4 Å². The lowest BCUT2D eigenvalue weighted by Gasteiger charge is -2.18. The standard InChI is InChI=1S/C19H16F3N3O3S.ClH/c1-25(12-18(26)24-15-7-5-14(6-8-15)19(20,21)22)29(27,28)17-4-2-3-13-11-23-10-9-16(13)17;/h2-11H,12H2,1H3,(H,24,26);1H. The lowest BCUT2D eigenvalue weighted by molar-refractivity contribution is -0.137. The highest BCUT2D eigenvalue weighted by atomic mass is 35.5. The maximum absolute atomic E-state index is 12.9. The van der Waals surface area contributed by atoms with Crippen LogP contribution in [0.2, 0.25) is 0 Å². The quantitative estimate of drug-likeness (QED) is 0.627. The van der Waals surface area contributed by atoms with Gasteiger partial charge in [-0.25, -0.2) is 8.42 Å². The molecule has 0 unspecified atom stereocenters. The first kappa shape index (κ1) is 23.6. The van der Waals surface area contributed by atoms with Crippen molar-refractivity contribution in [2.24, 2.45) is 0 Å². The van der Waals surface area contributed by atoms with Crippen LogP contribution in [0, 0.1) is 0 Å². The minimum absolute atomic E-state index is 0. The molecular weight excluding hydrogens is 443 g/mol. The summed E-state index contributed by atoms with van der Waals surface area (Å²) in [5, 5.41) is 3.50. The zero-order valence-corrected chi connectivity index (χ0v) is 17.2. The summed E-state index contributed by atoms with van der Waals surface area (Å²) in [4.78, 5) is 16.2. The van der Waals surface area contributed by atoms with Crippen LogP contribution in [0.1, 0.15) is 5.56 Å². The Hall–Kier alpha value is -2.69. The number of anilines is 1. The van der Waals surface area contributed by atoms with E-state index in [1.807, 2.05) is 0 Å². The summed E-state index contributed by atoms with van der Waals surface area (Å²) in [5.41, 5.74) is -0.717. The van der Waals surface area contributed by atoms with Gasteiger partial charge >= 0.3 is 6.18 Å². The third kappa shape index (κ3) is 5.07. The molecule has 1 aromatic heterocycles. The molecule has 0 aliphatic rings. The Morgan fingerprint density at radius 1 is 1.10 bits per heavy atom. The Kier molecular flexibility index (Phi) is 7.06. The van der Waals surface area contributed by atoms with Crippen molar-refractivity contribution in [2.75, 3.05) is 18.9 Å². The number of rotatable bonds is 5. The number of benzene rings is 2. The van der Waals surface area contributed by atoms with E-state index in [1.165, 1.54) is 25.5 Å². The smallest absolute Gasteiger partial charge is 0.325 e. The maximum atomic E-state index is 12.9. The van der Waals surface area contributed by atoms with Crippen molar-refractivity contribution < 1.29 is 26.4 Å². The summed E-state index contributed by atoms with van der Waals surface area (Å²) < 4.78 is 64.4. The number of pyridine rings is 1. The first-order valence-electron chi connectivity index (χ1n) is 8.35. The van der Waals surface area contributed by atoms with Crippen molar-refractivity contribution in [1.82, 2.24) is 9.29 Å². The van der Waals surface area contributed by atoms with Gasteiger partial charge in [0.1, 0.15) is 0 Å². The number of hydrogen-bond acceptors (Lipinski definition) is 4. The lowest BCUT2D eigenvalue weighted by atomic mass is 10.2. The van der Waals surface area contributed by atoms with Crippen molar-refractivity contribution in [3.63, 3.8) is 0 Å². The number of carbonyl (C=O) groups is 1. The zero-order valence-electron chi connectivity index (χ0n) is 15.6. The summed E-state index contributed by atoms with van der Waals surface area (Å²) in [6.45, 7) is -0.509. The van der Waals surface area contributed by atoms with Gasteiger partial charge in [0.25, 0.3) is 0 Å². The van der Waals surface area contributed by atoms with Crippen LogP contribution >= 0.6 is 12.4 Å². The average Bonchev–Trinajstić information content (AvgIpc) is 2.67. The van der Waals surface area contributed by atoms with Gasteiger partial charge in [-0.05, 0) is 36.4 Å². The van der Waals surface area contributed by atoms with E-state index in [1.54, 1.807) is 18.2 Å². The Morgan fingerprint density at radius 2 is 1.77 bits per heavy atom. The first-order valence-corrected chi connectivity index (χ1v) is 9.79. The van der Waals surface area contributed by atoms with E-state index in [0.29, 0.717) is 10.8 Å². The van der Waals surface area contributed by atoms with Crippen molar-refractivity contribution in [3.8, 4) is 0 Å². The van der Waals surface area contributed by atoms with E-state index < -0.39 is 34.2 Å². The third-order valence-corrected chi connectivity index (χ3v) is 6.05. The summed E-state index contributed by atoms with van der Waals surface area (Å²) in [6, 6.07) is 10.2. The Bertz CT molecular complexity index is 1150. The Morgan fingerprint density at radius 3 is 2.40 bits per heavy atom. The second kappa shape index (κ2) is 8.99. The van der Waals surface area contributed by atoms with Gasteiger partial charge in [0, 0.05) is 35.9 Å². The van der Waals surface area contributed by atoms with Crippen LogP contribution in [0.15, 0.2) is 65.8 Å². The number of likely N-dealkylation sites (N-methyl/N-ethyl adjacent to an activating group) is 1. The summed E-state index contributed by atoms with van der Waals surface area (Å²) in [5.74, 6) is -0.683. The molecule has 3 rings (SSSR count). The highest BCUT2D eigenvalue weighted by Crippen LogP contribution is 2.30. The van der Waals surface area contributed by atoms with Gasteiger partial charge in [-0.1, -0.05) is 12.1 Å².